The summed E-state index contributed by atoms with van der Waals surface area (Å²) < 4.78 is 6.66. The van der Waals surface area contributed by atoms with Gasteiger partial charge in [0, 0.05) is 35.2 Å². The van der Waals surface area contributed by atoms with Gasteiger partial charge in [-0.2, -0.15) is 0 Å². The molecule has 0 spiro atoms. The van der Waals surface area contributed by atoms with Gasteiger partial charge in [-0.3, -0.25) is 9.69 Å². The lowest BCUT2D eigenvalue weighted by Gasteiger charge is -2.28. The van der Waals surface area contributed by atoms with E-state index in [4.69, 9.17) is 4.74 Å². The number of hydrogen-bond acceptors (Lipinski definition) is 4. The smallest absolute Gasteiger partial charge is 0.193 e. The second-order valence-corrected chi connectivity index (χ2v) is 7.59. The molecular formula is C22H24BrNO3. The SMILES string of the molecule is O=C(c1ccc(Br)cc1)c1ccc(OC/C=C/CN2CCC(O)CC2)cc1. The fourth-order valence-electron chi connectivity index (χ4n) is 3.01. The molecule has 5 heteroatoms. The molecule has 1 saturated heterocycles. The highest BCUT2D eigenvalue weighted by Gasteiger charge is 2.15. The summed E-state index contributed by atoms with van der Waals surface area (Å²) in [6.07, 6.45) is 5.69. The molecule has 4 nitrogen and oxygen atoms in total. The molecule has 27 heavy (non-hydrogen) atoms. The molecule has 3 rings (SSSR count). The van der Waals surface area contributed by atoms with Crippen LogP contribution in [0.1, 0.15) is 28.8 Å². The Hall–Kier alpha value is -1.95. The van der Waals surface area contributed by atoms with Crippen LogP contribution in [0.25, 0.3) is 0 Å². The molecule has 0 bridgehead atoms. The quantitative estimate of drug-likeness (QED) is 0.532. The molecule has 0 saturated carbocycles. The molecule has 142 valence electrons. The molecule has 1 aliphatic heterocycles. The Kier molecular flexibility index (Phi) is 7.21. The molecule has 0 aliphatic carbocycles. The standard InChI is InChI=1S/C22H24BrNO3/c23-19-7-3-17(4-8-19)22(26)18-5-9-21(10-6-18)27-16-2-1-13-24-14-11-20(25)12-15-24/h1-10,20,25H,11-16H2/b2-1+. The molecule has 0 atom stereocenters. The summed E-state index contributed by atoms with van der Waals surface area (Å²) in [6, 6.07) is 14.6. The first-order chi connectivity index (χ1) is 13.1. The lowest BCUT2D eigenvalue weighted by Crippen LogP contribution is -2.35. The number of aliphatic hydroxyl groups is 1. The van der Waals surface area contributed by atoms with E-state index in [1.165, 1.54) is 0 Å². The lowest BCUT2D eigenvalue weighted by molar-refractivity contribution is 0.0879. The molecule has 2 aromatic carbocycles. The van der Waals surface area contributed by atoms with Crippen LogP contribution < -0.4 is 4.74 Å². The van der Waals surface area contributed by atoms with Gasteiger partial charge in [0.2, 0.25) is 0 Å². The van der Waals surface area contributed by atoms with E-state index in [2.05, 4.69) is 26.9 Å². The van der Waals surface area contributed by atoms with Crippen LogP contribution in [0.3, 0.4) is 0 Å². The van der Waals surface area contributed by atoms with Crippen molar-refractivity contribution in [2.24, 2.45) is 0 Å². The third-order valence-electron chi connectivity index (χ3n) is 4.66. The monoisotopic (exact) mass is 429 g/mol. The van der Waals surface area contributed by atoms with Gasteiger partial charge in [-0.05, 0) is 61.4 Å². The van der Waals surface area contributed by atoms with Crippen LogP contribution in [0.4, 0.5) is 0 Å². The average molecular weight is 430 g/mol. The third kappa shape index (κ3) is 6.03. The molecule has 2 aromatic rings. The number of carbonyl (C=O) groups is 1. The second-order valence-electron chi connectivity index (χ2n) is 6.67. The van der Waals surface area contributed by atoms with E-state index in [-0.39, 0.29) is 11.9 Å². The van der Waals surface area contributed by atoms with Crippen LogP contribution in [0.5, 0.6) is 5.75 Å². The van der Waals surface area contributed by atoms with Gasteiger partial charge < -0.3 is 9.84 Å². The summed E-state index contributed by atoms with van der Waals surface area (Å²) in [5.74, 6) is 0.744. The van der Waals surface area contributed by atoms with E-state index in [0.717, 1.165) is 42.7 Å². The van der Waals surface area contributed by atoms with E-state index in [1.807, 2.05) is 42.5 Å². The minimum atomic E-state index is -0.132. The van der Waals surface area contributed by atoms with Crippen LogP contribution in [0, 0.1) is 0 Å². The Morgan fingerprint density at radius 1 is 1.04 bits per heavy atom. The van der Waals surface area contributed by atoms with Crippen molar-refractivity contribution in [2.45, 2.75) is 18.9 Å². The predicted octanol–water partition coefficient (Wildman–Crippen LogP) is 4.07. The number of carbonyl (C=O) groups excluding carboxylic acids is 1. The van der Waals surface area contributed by atoms with Gasteiger partial charge in [-0.25, -0.2) is 0 Å². The second kappa shape index (κ2) is 9.83. The van der Waals surface area contributed by atoms with Gasteiger partial charge in [0.1, 0.15) is 12.4 Å². The normalized spacial score (nSPS) is 15.9. The number of halogens is 1. The van der Waals surface area contributed by atoms with E-state index in [0.29, 0.717) is 17.7 Å². The number of hydrogen-bond donors (Lipinski definition) is 1. The van der Waals surface area contributed by atoms with Crippen LogP contribution in [-0.4, -0.2) is 48.1 Å². The summed E-state index contributed by atoms with van der Waals surface area (Å²) in [7, 11) is 0. The summed E-state index contributed by atoms with van der Waals surface area (Å²) in [6.45, 7) is 3.27. The average Bonchev–Trinajstić information content (AvgIpc) is 2.70. The zero-order valence-electron chi connectivity index (χ0n) is 15.2. The Labute approximate surface area is 168 Å². The number of rotatable bonds is 7. The van der Waals surface area contributed by atoms with Crippen LogP contribution in [0.15, 0.2) is 65.2 Å². The lowest BCUT2D eigenvalue weighted by atomic mass is 10.0. The number of benzene rings is 2. The van der Waals surface area contributed by atoms with Gasteiger partial charge in [0.15, 0.2) is 5.78 Å². The van der Waals surface area contributed by atoms with Crippen molar-refractivity contribution in [3.63, 3.8) is 0 Å². The topological polar surface area (TPSA) is 49.8 Å². The Morgan fingerprint density at radius 3 is 2.26 bits per heavy atom. The van der Waals surface area contributed by atoms with Gasteiger partial charge in [-0.15, -0.1) is 0 Å². The molecule has 0 unspecified atom stereocenters. The van der Waals surface area contributed by atoms with Crippen molar-refractivity contribution in [2.75, 3.05) is 26.2 Å². The summed E-state index contributed by atoms with van der Waals surface area (Å²) in [4.78, 5) is 14.8. The van der Waals surface area contributed by atoms with Gasteiger partial charge in [0.25, 0.3) is 0 Å². The fourth-order valence-corrected chi connectivity index (χ4v) is 3.27. The maximum Gasteiger partial charge on any atom is 0.193 e. The molecule has 1 N–H and O–H groups in total. The van der Waals surface area contributed by atoms with Crippen LogP contribution in [0.2, 0.25) is 0 Å². The van der Waals surface area contributed by atoms with Gasteiger partial charge in [0.05, 0.1) is 6.10 Å². The van der Waals surface area contributed by atoms with Crippen LogP contribution in [-0.2, 0) is 0 Å². The summed E-state index contributed by atoms with van der Waals surface area (Å²) >= 11 is 3.37. The van der Waals surface area contributed by atoms with Crippen molar-refractivity contribution in [3.8, 4) is 5.75 Å². The summed E-state index contributed by atoms with van der Waals surface area (Å²) in [5, 5.41) is 9.50. The van der Waals surface area contributed by atoms with E-state index in [1.54, 1.807) is 12.1 Å². The largest absolute Gasteiger partial charge is 0.490 e. The zero-order chi connectivity index (χ0) is 19.1. The number of likely N-dealkylation sites (tertiary alicyclic amines) is 1. The fraction of sp³-hybridized carbons (Fsp3) is 0.318. The van der Waals surface area contributed by atoms with Crippen molar-refractivity contribution >= 4 is 21.7 Å². The number of nitrogens with zero attached hydrogens (tertiary/aromatic N) is 1. The molecule has 1 fully saturated rings. The molecule has 1 heterocycles. The number of ketones is 1. The molecule has 0 aromatic heterocycles. The van der Waals surface area contributed by atoms with Gasteiger partial charge in [-0.1, -0.05) is 28.1 Å². The van der Waals surface area contributed by atoms with Crippen molar-refractivity contribution in [3.05, 3.63) is 76.3 Å². The highest BCUT2D eigenvalue weighted by Crippen LogP contribution is 2.17. The van der Waals surface area contributed by atoms with Crippen molar-refractivity contribution < 1.29 is 14.6 Å². The van der Waals surface area contributed by atoms with E-state index >= 15 is 0 Å². The maximum atomic E-state index is 12.5. The molecule has 1 aliphatic rings. The highest BCUT2D eigenvalue weighted by atomic mass is 79.9. The van der Waals surface area contributed by atoms with Crippen molar-refractivity contribution in [1.82, 2.24) is 4.90 Å². The van der Waals surface area contributed by atoms with Gasteiger partial charge >= 0.3 is 0 Å². The highest BCUT2D eigenvalue weighted by molar-refractivity contribution is 9.10. The first-order valence-corrected chi connectivity index (χ1v) is 9.99. The Morgan fingerprint density at radius 2 is 1.63 bits per heavy atom. The first kappa shape index (κ1) is 19.8. The maximum absolute atomic E-state index is 12.5. The van der Waals surface area contributed by atoms with Crippen molar-refractivity contribution in [1.29, 1.82) is 0 Å². The first-order valence-electron chi connectivity index (χ1n) is 9.20. The summed E-state index contributed by atoms with van der Waals surface area (Å²) in [5.41, 5.74) is 1.31. The zero-order valence-corrected chi connectivity index (χ0v) is 16.8. The minimum absolute atomic E-state index is 0.000552. The number of ether oxygens (including phenoxy) is 1. The Balaban J connectivity index is 1.44. The minimum Gasteiger partial charge on any atom is -0.490 e. The third-order valence-corrected chi connectivity index (χ3v) is 5.19. The molecule has 0 amide bonds. The van der Waals surface area contributed by atoms with E-state index < -0.39 is 0 Å². The number of aliphatic hydroxyl groups excluding tert-OH is 1. The molecular weight excluding hydrogens is 406 g/mol. The predicted molar refractivity (Wildman–Crippen MR) is 110 cm³/mol. The number of piperidine rings is 1. The Bertz CT molecular complexity index is 763. The molecule has 0 radical (unpaired) electrons. The van der Waals surface area contributed by atoms with E-state index in [9.17, 15) is 9.90 Å². The van der Waals surface area contributed by atoms with Crippen LogP contribution >= 0.6 is 15.9 Å².